The molecule has 3 nitrogen and oxygen atoms in total. The van der Waals surface area contributed by atoms with Crippen molar-refractivity contribution in [1.29, 1.82) is 0 Å². The minimum atomic E-state index is -0.705. The molecule has 16 heavy (non-hydrogen) atoms. The van der Waals surface area contributed by atoms with Crippen molar-refractivity contribution in [1.82, 2.24) is 9.78 Å². The Morgan fingerprint density at radius 2 is 2.12 bits per heavy atom. The third kappa shape index (κ3) is 2.45. The molecular formula is C11H10BrClN2O. The molecule has 0 saturated carbocycles. The molecule has 0 saturated heterocycles. The third-order valence-corrected chi connectivity index (χ3v) is 2.92. The predicted molar refractivity (Wildman–Crippen MR) is 66.4 cm³/mol. The topological polar surface area (TPSA) is 38.0 Å². The van der Waals surface area contributed by atoms with E-state index in [0.717, 1.165) is 15.6 Å². The monoisotopic (exact) mass is 300 g/mol. The average molecular weight is 302 g/mol. The molecule has 1 atom stereocenters. The normalized spacial score (nSPS) is 12.8. The van der Waals surface area contributed by atoms with Crippen molar-refractivity contribution < 1.29 is 5.11 Å². The van der Waals surface area contributed by atoms with Crippen LogP contribution in [0.4, 0.5) is 0 Å². The SMILES string of the molecule is Cn1cc(C(O)c2cc(Cl)cc(Br)c2)cn1. The van der Waals surface area contributed by atoms with Crippen LogP contribution >= 0.6 is 27.5 Å². The summed E-state index contributed by atoms with van der Waals surface area (Å²) in [4.78, 5) is 0. The number of aryl methyl sites for hydroxylation is 1. The number of aliphatic hydroxyl groups is 1. The van der Waals surface area contributed by atoms with Crippen LogP contribution in [0.3, 0.4) is 0 Å². The molecule has 0 aliphatic carbocycles. The minimum Gasteiger partial charge on any atom is -0.384 e. The molecule has 0 fully saturated rings. The summed E-state index contributed by atoms with van der Waals surface area (Å²) in [5.74, 6) is 0. The molecule has 1 unspecified atom stereocenters. The fourth-order valence-electron chi connectivity index (χ4n) is 1.51. The molecule has 5 heteroatoms. The number of rotatable bonds is 2. The van der Waals surface area contributed by atoms with Crippen molar-refractivity contribution in [3.63, 3.8) is 0 Å². The first-order valence-corrected chi connectivity index (χ1v) is 5.86. The first-order valence-electron chi connectivity index (χ1n) is 4.69. The van der Waals surface area contributed by atoms with Gasteiger partial charge in [-0.05, 0) is 23.8 Å². The summed E-state index contributed by atoms with van der Waals surface area (Å²) in [5, 5.41) is 14.7. The van der Waals surface area contributed by atoms with Crippen LogP contribution in [0, 0.1) is 0 Å². The molecule has 0 amide bonds. The van der Waals surface area contributed by atoms with Gasteiger partial charge in [-0.1, -0.05) is 27.5 Å². The quantitative estimate of drug-likeness (QED) is 0.926. The molecule has 1 heterocycles. The van der Waals surface area contributed by atoms with Crippen molar-refractivity contribution in [2.75, 3.05) is 0 Å². The summed E-state index contributed by atoms with van der Waals surface area (Å²) in [6.45, 7) is 0. The van der Waals surface area contributed by atoms with E-state index in [1.807, 2.05) is 13.1 Å². The standard InChI is InChI=1S/C11H10BrClN2O/c1-15-6-8(5-14-15)11(16)7-2-9(12)4-10(13)3-7/h2-6,11,16H,1H3. The molecule has 0 aliphatic rings. The van der Waals surface area contributed by atoms with E-state index in [-0.39, 0.29) is 0 Å². The summed E-state index contributed by atoms with van der Waals surface area (Å²) in [5.41, 5.74) is 1.49. The summed E-state index contributed by atoms with van der Waals surface area (Å²) in [6.07, 6.45) is 2.71. The zero-order chi connectivity index (χ0) is 11.7. The maximum absolute atomic E-state index is 10.1. The fourth-order valence-corrected chi connectivity index (χ4v) is 2.39. The summed E-state index contributed by atoms with van der Waals surface area (Å²) in [6, 6.07) is 5.36. The Morgan fingerprint density at radius 3 is 2.69 bits per heavy atom. The molecule has 0 aliphatic heterocycles. The molecule has 1 aromatic heterocycles. The third-order valence-electron chi connectivity index (χ3n) is 2.24. The second-order valence-corrected chi connectivity index (χ2v) is 4.90. The van der Waals surface area contributed by atoms with Gasteiger partial charge in [0.1, 0.15) is 6.10 Å². The number of aliphatic hydroxyl groups excluding tert-OH is 1. The van der Waals surface area contributed by atoms with Gasteiger partial charge in [0.2, 0.25) is 0 Å². The highest BCUT2D eigenvalue weighted by atomic mass is 79.9. The van der Waals surface area contributed by atoms with Gasteiger partial charge < -0.3 is 5.11 Å². The van der Waals surface area contributed by atoms with Crippen LogP contribution in [0.1, 0.15) is 17.2 Å². The number of nitrogens with zero attached hydrogens (tertiary/aromatic N) is 2. The van der Waals surface area contributed by atoms with E-state index in [0.29, 0.717) is 5.02 Å². The van der Waals surface area contributed by atoms with Crippen molar-refractivity contribution in [3.05, 3.63) is 51.2 Å². The van der Waals surface area contributed by atoms with Gasteiger partial charge in [0.15, 0.2) is 0 Å². The van der Waals surface area contributed by atoms with Gasteiger partial charge in [-0.25, -0.2) is 0 Å². The number of hydrogen-bond donors (Lipinski definition) is 1. The van der Waals surface area contributed by atoms with Gasteiger partial charge in [0.25, 0.3) is 0 Å². The lowest BCUT2D eigenvalue weighted by molar-refractivity contribution is 0.220. The molecule has 84 valence electrons. The van der Waals surface area contributed by atoms with E-state index in [1.165, 1.54) is 0 Å². The highest BCUT2D eigenvalue weighted by molar-refractivity contribution is 9.10. The Bertz CT molecular complexity index is 492. The van der Waals surface area contributed by atoms with Crippen LogP contribution in [0.5, 0.6) is 0 Å². The molecule has 0 bridgehead atoms. The van der Waals surface area contributed by atoms with Crippen LogP contribution < -0.4 is 0 Å². The molecular weight excluding hydrogens is 291 g/mol. The van der Waals surface area contributed by atoms with Gasteiger partial charge >= 0.3 is 0 Å². The lowest BCUT2D eigenvalue weighted by atomic mass is 10.1. The van der Waals surface area contributed by atoms with E-state index in [9.17, 15) is 5.11 Å². The van der Waals surface area contributed by atoms with Gasteiger partial charge in [0.05, 0.1) is 6.20 Å². The largest absolute Gasteiger partial charge is 0.384 e. The lowest BCUT2D eigenvalue weighted by Crippen LogP contribution is -1.98. The smallest absolute Gasteiger partial charge is 0.107 e. The highest BCUT2D eigenvalue weighted by Crippen LogP contribution is 2.27. The first kappa shape index (κ1) is 11.6. The van der Waals surface area contributed by atoms with Gasteiger partial charge in [-0.15, -0.1) is 0 Å². The molecule has 1 aromatic carbocycles. The van der Waals surface area contributed by atoms with Gasteiger partial charge in [-0.3, -0.25) is 4.68 Å². The van der Waals surface area contributed by atoms with E-state index in [1.54, 1.807) is 29.2 Å². The Balaban J connectivity index is 2.37. The van der Waals surface area contributed by atoms with Crippen molar-refractivity contribution in [2.24, 2.45) is 7.05 Å². The Kier molecular flexibility index (Phi) is 3.33. The molecule has 2 aromatic rings. The van der Waals surface area contributed by atoms with E-state index in [2.05, 4.69) is 21.0 Å². The van der Waals surface area contributed by atoms with E-state index >= 15 is 0 Å². The second-order valence-electron chi connectivity index (χ2n) is 3.55. The molecule has 0 spiro atoms. The Morgan fingerprint density at radius 1 is 1.38 bits per heavy atom. The van der Waals surface area contributed by atoms with Crippen LogP contribution in [-0.2, 0) is 7.05 Å². The fraction of sp³-hybridized carbons (Fsp3) is 0.182. The average Bonchev–Trinajstić information content (AvgIpc) is 2.62. The predicted octanol–water partition coefficient (Wildman–Crippen LogP) is 2.92. The Labute approximate surface area is 107 Å². The molecule has 1 N–H and O–H groups in total. The number of halogens is 2. The summed E-state index contributed by atoms with van der Waals surface area (Å²) >= 11 is 9.27. The van der Waals surface area contributed by atoms with E-state index < -0.39 is 6.10 Å². The second kappa shape index (κ2) is 4.57. The van der Waals surface area contributed by atoms with Crippen molar-refractivity contribution >= 4 is 27.5 Å². The Hall–Kier alpha value is -0.840. The van der Waals surface area contributed by atoms with Crippen LogP contribution in [-0.4, -0.2) is 14.9 Å². The first-order chi connectivity index (χ1) is 7.56. The summed E-state index contributed by atoms with van der Waals surface area (Å²) < 4.78 is 2.50. The lowest BCUT2D eigenvalue weighted by Gasteiger charge is -2.09. The zero-order valence-electron chi connectivity index (χ0n) is 8.56. The van der Waals surface area contributed by atoms with Crippen LogP contribution in [0.25, 0.3) is 0 Å². The maximum Gasteiger partial charge on any atom is 0.107 e. The van der Waals surface area contributed by atoms with Crippen molar-refractivity contribution in [3.8, 4) is 0 Å². The van der Waals surface area contributed by atoms with Crippen molar-refractivity contribution in [2.45, 2.75) is 6.10 Å². The van der Waals surface area contributed by atoms with E-state index in [4.69, 9.17) is 11.6 Å². The molecule has 2 rings (SSSR count). The minimum absolute atomic E-state index is 0.590. The zero-order valence-corrected chi connectivity index (χ0v) is 10.9. The van der Waals surface area contributed by atoms with Crippen LogP contribution in [0.2, 0.25) is 5.02 Å². The summed E-state index contributed by atoms with van der Waals surface area (Å²) in [7, 11) is 1.81. The highest BCUT2D eigenvalue weighted by Gasteiger charge is 2.13. The number of benzene rings is 1. The molecule has 0 radical (unpaired) electrons. The number of aromatic nitrogens is 2. The maximum atomic E-state index is 10.1. The number of hydrogen-bond acceptors (Lipinski definition) is 2. The van der Waals surface area contributed by atoms with Crippen LogP contribution in [0.15, 0.2) is 35.1 Å². The van der Waals surface area contributed by atoms with Gasteiger partial charge in [-0.2, -0.15) is 5.10 Å². The van der Waals surface area contributed by atoms with Gasteiger partial charge in [0, 0.05) is 28.3 Å².